The Balaban J connectivity index is 1.78. The lowest BCUT2D eigenvalue weighted by Crippen LogP contribution is -2.42. The Morgan fingerprint density at radius 1 is 1.29 bits per heavy atom. The molecular formula is C17H28N2OS. The topological polar surface area (TPSA) is 26.7 Å². The van der Waals surface area contributed by atoms with E-state index >= 15 is 0 Å². The average molecular weight is 308 g/mol. The van der Waals surface area contributed by atoms with Crippen molar-refractivity contribution in [2.24, 2.45) is 0 Å². The zero-order chi connectivity index (χ0) is 15.2. The molecule has 1 heterocycles. The third-order valence-corrected chi connectivity index (χ3v) is 5.31. The Morgan fingerprint density at radius 3 is 2.48 bits per heavy atom. The number of likely N-dealkylation sites (tertiary alicyclic amines) is 1. The Kier molecular flexibility index (Phi) is 6.55. The molecule has 0 aromatic heterocycles. The summed E-state index contributed by atoms with van der Waals surface area (Å²) in [6.07, 6.45) is 5.01. The van der Waals surface area contributed by atoms with Crippen LogP contribution >= 0.6 is 11.8 Å². The van der Waals surface area contributed by atoms with Gasteiger partial charge in [-0.2, -0.15) is 0 Å². The second-order valence-corrected chi connectivity index (χ2v) is 6.97. The molecule has 3 nitrogen and oxygen atoms in total. The third-order valence-electron chi connectivity index (χ3n) is 4.57. The predicted octanol–water partition coefficient (Wildman–Crippen LogP) is 2.86. The van der Waals surface area contributed by atoms with Crippen molar-refractivity contribution in [1.82, 2.24) is 9.80 Å². The van der Waals surface area contributed by atoms with E-state index in [-0.39, 0.29) is 6.10 Å². The van der Waals surface area contributed by atoms with Crippen LogP contribution in [0, 0.1) is 0 Å². The zero-order valence-corrected chi connectivity index (χ0v) is 14.3. The highest BCUT2D eigenvalue weighted by Crippen LogP contribution is 2.22. The van der Waals surface area contributed by atoms with Gasteiger partial charge < -0.3 is 14.9 Å². The Morgan fingerprint density at radius 2 is 1.90 bits per heavy atom. The molecule has 1 atom stereocenters. The molecule has 1 N–H and O–H groups in total. The Labute approximate surface area is 133 Å². The number of thioether (sulfide) groups is 1. The van der Waals surface area contributed by atoms with Gasteiger partial charge in [-0.15, -0.1) is 11.8 Å². The molecule has 4 heteroatoms. The van der Waals surface area contributed by atoms with Gasteiger partial charge in [0.25, 0.3) is 0 Å². The third kappa shape index (κ3) is 4.99. The molecule has 1 unspecified atom stereocenters. The fourth-order valence-corrected chi connectivity index (χ4v) is 3.35. The fraction of sp³-hybridized carbons (Fsp3) is 0.647. The van der Waals surface area contributed by atoms with Crippen molar-refractivity contribution in [2.45, 2.75) is 36.3 Å². The second kappa shape index (κ2) is 8.18. The molecule has 2 rings (SSSR count). The van der Waals surface area contributed by atoms with Gasteiger partial charge in [0, 0.05) is 17.5 Å². The van der Waals surface area contributed by atoms with Gasteiger partial charge in [0.2, 0.25) is 0 Å². The van der Waals surface area contributed by atoms with Crippen LogP contribution in [-0.4, -0.2) is 60.9 Å². The van der Waals surface area contributed by atoms with Gasteiger partial charge in [-0.3, -0.25) is 0 Å². The lowest BCUT2D eigenvalue weighted by molar-refractivity contribution is 0.110. The normalized spacial score (nSPS) is 19.1. The van der Waals surface area contributed by atoms with Gasteiger partial charge in [0.15, 0.2) is 0 Å². The van der Waals surface area contributed by atoms with Gasteiger partial charge in [-0.05, 0) is 70.4 Å². The molecule has 0 spiro atoms. The minimum Gasteiger partial charge on any atom is -0.388 e. The molecule has 0 bridgehead atoms. The highest BCUT2D eigenvalue weighted by atomic mass is 32.2. The summed E-state index contributed by atoms with van der Waals surface area (Å²) in [7, 11) is 4.39. The van der Waals surface area contributed by atoms with Crippen LogP contribution in [0.15, 0.2) is 29.2 Å². The number of aliphatic hydroxyl groups is 1. The highest BCUT2D eigenvalue weighted by Gasteiger charge is 2.21. The molecule has 0 aliphatic carbocycles. The van der Waals surface area contributed by atoms with E-state index in [0.29, 0.717) is 6.04 Å². The molecule has 118 valence electrons. The number of rotatable bonds is 6. The van der Waals surface area contributed by atoms with Crippen molar-refractivity contribution in [3.63, 3.8) is 0 Å². The van der Waals surface area contributed by atoms with Gasteiger partial charge in [0.1, 0.15) is 0 Å². The number of hydrogen-bond donors (Lipinski definition) is 1. The summed E-state index contributed by atoms with van der Waals surface area (Å²) in [6.45, 7) is 3.33. The molecule has 1 saturated heterocycles. The van der Waals surface area contributed by atoms with Crippen LogP contribution < -0.4 is 0 Å². The van der Waals surface area contributed by atoms with E-state index in [4.69, 9.17) is 0 Å². The number of hydrogen-bond acceptors (Lipinski definition) is 4. The van der Waals surface area contributed by atoms with Crippen molar-refractivity contribution in [3.8, 4) is 0 Å². The van der Waals surface area contributed by atoms with Gasteiger partial charge >= 0.3 is 0 Å². The van der Waals surface area contributed by atoms with Crippen molar-refractivity contribution >= 4 is 11.8 Å². The van der Waals surface area contributed by atoms with Crippen LogP contribution in [0.4, 0.5) is 0 Å². The maximum absolute atomic E-state index is 10.3. The predicted molar refractivity (Wildman–Crippen MR) is 90.9 cm³/mol. The SMILES string of the molecule is CSc1ccc(C(O)CCN(C)C2CCN(C)CC2)cc1. The van der Waals surface area contributed by atoms with Gasteiger partial charge in [-0.25, -0.2) is 0 Å². The molecule has 21 heavy (non-hydrogen) atoms. The van der Waals surface area contributed by atoms with Crippen molar-refractivity contribution in [2.75, 3.05) is 40.0 Å². The van der Waals surface area contributed by atoms with Crippen LogP contribution in [0.25, 0.3) is 0 Å². The number of piperidine rings is 1. The van der Waals surface area contributed by atoms with E-state index in [1.165, 1.54) is 30.8 Å². The maximum atomic E-state index is 10.3. The zero-order valence-electron chi connectivity index (χ0n) is 13.5. The number of nitrogens with zero attached hydrogens (tertiary/aromatic N) is 2. The number of benzene rings is 1. The molecule has 0 saturated carbocycles. The van der Waals surface area contributed by atoms with Crippen LogP contribution in [-0.2, 0) is 0 Å². The fourth-order valence-electron chi connectivity index (χ4n) is 2.94. The summed E-state index contributed by atoms with van der Waals surface area (Å²) in [5, 5.41) is 10.3. The van der Waals surface area contributed by atoms with E-state index in [1.54, 1.807) is 11.8 Å². The Hall–Kier alpha value is -0.550. The largest absolute Gasteiger partial charge is 0.388 e. The van der Waals surface area contributed by atoms with Crippen molar-refractivity contribution in [1.29, 1.82) is 0 Å². The van der Waals surface area contributed by atoms with E-state index < -0.39 is 0 Å². The molecule has 1 aliphatic heterocycles. The lowest BCUT2D eigenvalue weighted by atomic mass is 10.0. The first kappa shape index (κ1) is 16.8. The molecule has 1 aromatic rings. The first-order valence-electron chi connectivity index (χ1n) is 7.81. The standard InChI is InChI=1S/C17H28N2OS/c1-18-11-8-15(9-12-18)19(2)13-10-17(20)14-4-6-16(21-3)7-5-14/h4-7,15,17,20H,8-13H2,1-3H3. The van der Waals surface area contributed by atoms with Crippen molar-refractivity contribution < 1.29 is 5.11 Å². The van der Waals surface area contributed by atoms with Crippen molar-refractivity contribution in [3.05, 3.63) is 29.8 Å². The summed E-state index contributed by atoms with van der Waals surface area (Å²) in [6, 6.07) is 8.94. The summed E-state index contributed by atoms with van der Waals surface area (Å²) < 4.78 is 0. The highest BCUT2D eigenvalue weighted by molar-refractivity contribution is 7.98. The molecular weight excluding hydrogens is 280 g/mol. The van der Waals surface area contributed by atoms with E-state index in [0.717, 1.165) is 18.5 Å². The second-order valence-electron chi connectivity index (χ2n) is 6.09. The molecule has 0 radical (unpaired) electrons. The molecule has 1 fully saturated rings. The first-order chi connectivity index (χ1) is 10.1. The number of aliphatic hydroxyl groups excluding tert-OH is 1. The van der Waals surface area contributed by atoms with E-state index in [9.17, 15) is 5.11 Å². The Bertz CT molecular complexity index is 415. The summed E-state index contributed by atoms with van der Waals surface area (Å²) >= 11 is 1.73. The smallest absolute Gasteiger partial charge is 0.0802 e. The quantitative estimate of drug-likeness (QED) is 0.818. The van der Waals surface area contributed by atoms with E-state index in [1.807, 2.05) is 12.1 Å². The minimum absolute atomic E-state index is 0.352. The molecule has 1 aromatic carbocycles. The van der Waals surface area contributed by atoms with Crippen LogP contribution in [0.5, 0.6) is 0 Å². The summed E-state index contributed by atoms with van der Waals surface area (Å²) in [5.41, 5.74) is 1.03. The van der Waals surface area contributed by atoms with Crippen LogP contribution in [0.1, 0.15) is 30.9 Å². The summed E-state index contributed by atoms with van der Waals surface area (Å²) in [4.78, 5) is 6.06. The van der Waals surface area contributed by atoms with Crippen LogP contribution in [0.3, 0.4) is 0 Å². The minimum atomic E-state index is -0.352. The van der Waals surface area contributed by atoms with Gasteiger partial charge in [0.05, 0.1) is 6.10 Å². The monoisotopic (exact) mass is 308 g/mol. The van der Waals surface area contributed by atoms with E-state index in [2.05, 4.69) is 42.3 Å². The average Bonchev–Trinajstić information content (AvgIpc) is 2.53. The first-order valence-corrected chi connectivity index (χ1v) is 9.03. The molecule has 0 amide bonds. The molecule has 1 aliphatic rings. The maximum Gasteiger partial charge on any atom is 0.0802 e. The van der Waals surface area contributed by atoms with Crippen LogP contribution in [0.2, 0.25) is 0 Å². The lowest BCUT2D eigenvalue weighted by Gasteiger charge is -2.35. The van der Waals surface area contributed by atoms with Gasteiger partial charge in [-0.1, -0.05) is 12.1 Å². The summed E-state index contributed by atoms with van der Waals surface area (Å²) in [5.74, 6) is 0.